The molecule has 2 aromatic carbocycles. The number of carbonyl (C=O) groups excluding carboxylic acids is 1. The highest BCUT2D eigenvalue weighted by Gasteiger charge is 2.19. The number of rotatable bonds is 5. The molecule has 0 N–H and O–H groups in total. The molecule has 3 rings (SSSR count). The second-order valence-electron chi connectivity index (χ2n) is 5.37. The predicted molar refractivity (Wildman–Crippen MR) is 96.5 cm³/mol. The summed E-state index contributed by atoms with van der Waals surface area (Å²) in [6.45, 7) is 0. The van der Waals surface area contributed by atoms with Crippen molar-refractivity contribution >= 4 is 21.9 Å². The number of esters is 1. The lowest BCUT2D eigenvalue weighted by molar-refractivity contribution is -0.146. The predicted octanol–water partition coefficient (Wildman–Crippen LogP) is 4.72. The zero-order valence-corrected chi connectivity index (χ0v) is 14.5. The molecule has 120 valence electrons. The number of carbonyl (C=O) groups is 1. The molecule has 0 amide bonds. The summed E-state index contributed by atoms with van der Waals surface area (Å²) >= 11 is 3.42. The van der Waals surface area contributed by atoms with E-state index in [0.717, 1.165) is 21.2 Å². The van der Waals surface area contributed by atoms with Crippen molar-refractivity contribution in [2.24, 2.45) is 0 Å². The van der Waals surface area contributed by atoms with Gasteiger partial charge in [-0.3, -0.25) is 9.78 Å². The highest BCUT2D eigenvalue weighted by molar-refractivity contribution is 9.10. The van der Waals surface area contributed by atoms with E-state index in [4.69, 9.17) is 4.74 Å². The third-order valence-corrected chi connectivity index (χ3v) is 4.09. The van der Waals surface area contributed by atoms with E-state index in [9.17, 15) is 4.79 Å². The van der Waals surface area contributed by atoms with Gasteiger partial charge in [-0.15, -0.1) is 0 Å². The average molecular weight is 382 g/mol. The van der Waals surface area contributed by atoms with E-state index in [2.05, 4.69) is 20.9 Å². The molecule has 1 atom stereocenters. The minimum absolute atomic E-state index is 0.230. The van der Waals surface area contributed by atoms with Gasteiger partial charge in [0.15, 0.2) is 6.10 Å². The third-order valence-electron chi connectivity index (χ3n) is 3.60. The van der Waals surface area contributed by atoms with Gasteiger partial charge in [-0.2, -0.15) is 0 Å². The molecule has 0 aliphatic rings. The monoisotopic (exact) mass is 381 g/mol. The standard InChI is InChI=1S/C20H16BrNO2/c21-18-8-4-5-15(13-18)14-19(23)24-20(16-6-2-1-3-7-16)17-9-11-22-12-10-17/h1-13,20H,14H2/t20-/m0/s1. The first-order valence-corrected chi connectivity index (χ1v) is 8.40. The summed E-state index contributed by atoms with van der Waals surface area (Å²) in [4.78, 5) is 16.5. The maximum absolute atomic E-state index is 12.4. The van der Waals surface area contributed by atoms with Gasteiger partial charge in [-0.1, -0.05) is 58.4 Å². The Bertz CT molecular complexity index is 767. The fourth-order valence-electron chi connectivity index (χ4n) is 2.48. The first-order valence-electron chi connectivity index (χ1n) is 7.61. The molecule has 1 heterocycles. The van der Waals surface area contributed by atoms with Crippen LogP contribution < -0.4 is 0 Å². The van der Waals surface area contributed by atoms with Gasteiger partial charge in [0.05, 0.1) is 6.42 Å². The molecule has 0 fully saturated rings. The van der Waals surface area contributed by atoms with Crippen LogP contribution in [0.2, 0.25) is 0 Å². The maximum Gasteiger partial charge on any atom is 0.311 e. The summed E-state index contributed by atoms with van der Waals surface area (Å²) in [7, 11) is 0. The summed E-state index contributed by atoms with van der Waals surface area (Å²) in [5.41, 5.74) is 2.75. The van der Waals surface area contributed by atoms with E-state index >= 15 is 0 Å². The lowest BCUT2D eigenvalue weighted by atomic mass is 10.0. The van der Waals surface area contributed by atoms with Crippen LogP contribution in [0.4, 0.5) is 0 Å². The van der Waals surface area contributed by atoms with Gasteiger partial charge < -0.3 is 4.74 Å². The summed E-state index contributed by atoms with van der Waals surface area (Å²) in [6.07, 6.45) is 3.20. The molecule has 0 saturated heterocycles. The number of hydrogen-bond acceptors (Lipinski definition) is 3. The van der Waals surface area contributed by atoms with Crippen LogP contribution in [0.1, 0.15) is 22.8 Å². The van der Waals surface area contributed by atoms with Crippen LogP contribution in [-0.2, 0) is 16.0 Å². The van der Waals surface area contributed by atoms with Crippen LogP contribution in [0.5, 0.6) is 0 Å². The van der Waals surface area contributed by atoms with Crippen LogP contribution >= 0.6 is 15.9 Å². The number of benzene rings is 2. The molecule has 0 aliphatic carbocycles. The Hall–Kier alpha value is -2.46. The molecule has 4 heteroatoms. The SMILES string of the molecule is O=C(Cc1cccc(Br)c1)O[C@@H](c1ccccc1)c1ccncc1. The Morgan fingerprint density at radius 1 is 0.958 bits per heavy atom. The fourth-order valence-corrected chi connectivity index (χ4v) is 2.93. The third kappa shape index (κ3) is 4.30. The molecule has 3 aromatic rings. The van der Waals surface area contributed by atoms with E-state index < -0.39 is 6.10 Å². The number of halogens is 1. The first-order chi connectivity index (χ1) is 11.7. The molecule has 0 bridgehead atoms. The molecule has 24 heavy (non-hydrogen) atoms. The number of nitrogens with zero attached hydrogens (tertiary/aromatic N) is 1. The van der Waals surface area contributed by atoms with Gasteiger partial charge in [0.25, 0.3) is 0 Å². The highest BCUT2D eigenvalue weighted by atomic mass is 79.9. The molecule has 3 nitrogen and oxygen atoms in total. The Morgan fingerprint density at radius 2 is 1.67 bits per heavy atom. The van der Waals surface area contributed by atoms with E-state index in [0.29, 0.717) is 0 Å². The molecule has 0 radical (unpaired) electrons. The smallest absolute Gasteiger partial charge is 0.311 e. The minimum atomic E-state index is -0.436. The molecular formula is C20H16BrNO2. The van der Waals surface area contributed by atoms with Crippen molar-refractivity contribution in [3.05, 3.63) is 100 Å². The molecule has 0 aliphatic heterocycles. The minimum Gasteiger partial charge on any atom is -0.452 e. The topological polar surface area (TPSA) is 39.2 Å². The molecule has 1 aromatic heterocycles. The van der Waals surface area contributed by atoms with Gasteiger partial charge in [0.1, 0.15) is 0 Å². The van der Waals surface area contributed by atoms with Crippen molar-refractivity contribution in [3.63, 3.8) is 0 Å². The van der Waals surface area contributed by atoms with Gasteiger partial charge in [0.2, 0.25) is 0 Å². The van der Waals surface area contributed by atoms with Gasteiger partial charge in [0, 0.05) is 22.4 Å². The van der Waals surface area contributed by atoms with Crippen molar-refractivity contribution < 1.29 is 9.53 Å². The van der Waals surface area contributed by atoms with Crippen molar-refractivity contribution in [1.29, 1.82) is 0 Å². The summed E-state index contributed by atoms with van der Waals surface area (Å²) in [5.74, 6) is -0.265. The van der Waals surface area contributed by atoms with Crippen molar-refractivity contribution in [1.82, 2.24) is 4.98 Å². The van der Waals surface area contributed by atoms with Crippen molar-refractivity contribution in [2.45, 2.75) is 12.5 Å². The summed E-state index contributed by atoms with van der Waals surface area (Å²) in [5, 5.41) is 0. The average Bonchev–Trinajstić information content (AvgIpc) is 2.61. The number of pyridine rings is 1. The molecular weight excluding hydrogens is 366 g/mol. The van der Waals surface area contributed by atoms with Crippen LogP contribution in [0, 0.1) is 0 Å². The van der Waals surface area contributed by atoms with E-state index in [-0.39, 0.29) is 12.4 Å². The summed E-state index contributed by atoms with van der Waals surface area (Å²) in [6, 6.07) is 21.1. The number of ether oxygens (including phenoxy) is 1. The Kier molecular flexibility index (Phi) is 5.39. The molecule has 0 spiro atoms. The largest absolute Gasteiger partial charge is 0.452 e. The maximum atomic E-state index is 12.4. The number of hydrogen-bond donors (Lipinski definition) is 0. The lowest BCUT2D eigenvalue weighted by Crippen LogP contribution is -2.14. The van der Waals surface area contributed by atoms with E-state index in [1.54, 1.807) is 12.4 Å². The van der Waals surface area contributed by atoms with Gasteiger partial charge >= 0.3 is 5.97 Å². The van der Waals surface area contributed by atoms with Crippen LogP contribution in [-0.4, -0.2) is 11.0 Å². The first kappa shape index (κ1) is 16.4. The van der Waals surface area contributed by atoms with Crippen LogP contribution in [0.15, 0.2) is 83.6 Å². The van der Waals surface area contributed by atoms with E-state index in [1.807, 2.05) is 66.7 Å². The Balaban J connectivity index is 1.80. The second-order valence-corrected chi connectivity index (χ2v) is 6.28. The molecule has 0 saturated carbocycles. The quantitative estimate of drug-likeness (QED) is 0.600. The normalized spacial score (nSPS) is 11.7. The van der Waals surface area contributed by atoms with Gasteiger partial charge in [-0.05, 0) is 35.4 Å². The van der Waals surface area contributed by atoms with Crippen molar-refractivity contribution in [2.75, 3.05) is 0 Å². The summed E-state index contributed by atoms with van der Waals surface area (Å²) < 4.78 is 6.73. The second kappa shape index (κ2) is 7.88. The molecule has 0 unspecified atom stereocenters. The number of aromatic nitrogens is 1. The highest BCUT2D eigenvalue weighted by Crippen LogP contribution is 2.26. The lowest BCUT2D eigenvalue weighted by Gasteiger charge is -2.19. The zero-order chi connectivity index (χ0) is 16.8. The Morgan fingerprint density at radius 3 is 2.38 bits per heavy atom. The fraction of sp³-hybridized carbons (Fsp3) is 0.100. The zero-order valence-electron chi connectivity index (χ0n) is 12.9. The van der Waals surface area contributed by atoms with E-state index in [1.165, 1.54) is 0 Å². The van der Waals surface area contributed by atoms with Gasteiger partial charge in [-0.25, -0.2) is 0 Å². The van der Waals surface area contributed by atoms with Crippen LogP contribution in [0.25, 0.3) is 0 Å². The van der Waals surface area contributed by atoms with Crippen molar-refractivity contribution in [3.8, 4) is 0 Å². The van der Waals surface area contributed by atoms with Crippen LogP contribution in [0.3, 0.4) is 0 Å². The Labute approximate surface area is 149 Å².